The van der Waals surface area contributed by atoms with Gasteiger partial charge in [-0.3, -0.25) is 33.6 Å². The molecule has 40 nitrogen and oxygen atoms in total. The Hall–Kier alpha value is -8.13. The van der Waals surface area contributed by atoms with E-state index in [0.717, 1.165) is 24.7 Å². The Kier molecular flexibility index (Phi) is 31.4. The van der Waals surface area contributed by atoms with Crippen molar-refractivity contribution in [1.82, 2.24) is 66.5 Å². The summed E-state index contributed by atoms with van der Waals surface area (Å²) in [5, 5.41) is 107. The first-order valence-electron chi connectivity index (χ1n) is 32.9. The van der Waals surface area contributed by atoms with Crippen LogP contribution < -0.4 is 59.6 Å². The fourth-order valence-corrected chi connectivity index (χ4v) is 14.7. The van der Waals surface area contributed by atoms with Gasteiger partial charge in [-0.2, -0.15) is 0 Å². The molecule has 19 atom stereocenters. The number of amides is 8. The number of aromatic nitrogens is 6. The van der Waals surface area contributed by atoms with Gasteiger partial charge in [-0.15, -0.1) is 22.7 Å². The number of benzene rings is 1. The van der Waals surface area contributed by atoms with E-state index in [-0.39, 0.29) is 46.7 Å². The minimum Gasteiger partial charge on any atom is -0.441 e. The first-order chi connectivity index (χ1) is 50.1. The lowest BCUT2D eigenvalue weighted by Gasteiger charge is -2.47. The number of imidazole rings is 1. The van der Waals surface area contributed by atoms with Crippen molar-refractivity contribution in [2.75, 3.05) is 56.8 Å². The van der Waals surface area contributed by atoms with Crippen molar-refractivity contribution in [3.05, 3.63) is 92.8 Å². The molecule has 106 heavy (non-hydrogen) atoms. The van der Waals surface area contributed by atoms with Gasteiger partial charge in [0, 0.05) is 49.8 Å². The second-order valence-corrected chi connectivity index (χ2v) is 31.1. The maximum absolute atomic E-state index is 15.4. The van der Waals surface area contributed by atoms with Crippen LogP contribution in [0.15, 0.2) is 53.7 Å². The summed E-state index contributed by atoms with van der Waals surface area (Å²) in [5.74, 6) is -9.08. The number of nitrogen functional groups attached to an aromatic ring is 1. The number of hydrogen-bond acceptors (Lipinski definition) is 32. The molecule has 0 aliphatic carbocycles. The number of anilines is 1. The second-order valence-electron chi connectivity index (χ2n) is 25.1. The number of aliphatic hydroxyl groups excluding tert-OH is 8. The Morgan fingerprint density at radius 3 is 2.10 bits per heavy atom. The average molecular weight is 1570 g/mol. The highest BCUT2D eigenvalue weighted by Crippen LogP contribution is 2.35. The summed E-state index contributed by atoms with van der Waals surface area (Å²) in [6.45, 7) is 2.68. The van der Waals surface area contributed by atoms with Crippen molar-refractivity contribution in [3.8, 4) is 10.6 Å². The molecule has 0 bridgehead atoms. The van der Waals surface area contributed by atoms with Crippen LogP contribution in [0.25, 0.3) is 10.6 Å². The highest BCUT2D eigenvalue weighted by Gasteiger charge is 2.54. The highest BCUT2D eigenvalue weighted by atomic mass is 32.2. The van der Waals surface area contributed by atoms with Crippen LogP contribution in [-0.2, 0) is 80.7 Å². The number of thiazole rings is 2. The van der Waals surface area contributed by atoms with Gasteiger partial charge in [0.1, 0.15) is 95.7 Å². The predicted octanol–water partition coefficient (Wildman–Crippen LogP) is -6.54. The van der Waals surface area contributed by atoms with Gasteiger partial charge in [-0.25, -0.2) is 42.9 Å². The van der Waals surface area contributed by atoms with Crippen LogP contribution in [0.5, 0.6) is 0 Å². The van der Waals surface area contributed by atoms with E-state index in [0.29, 0.717) is 27.7 Å². The predicted molar refractivity (Wildman–Crippen MR) is 377 cm³/mol. The third-order valence-corrected chi connectivity index (χ3v) is 21.0. The zero-order valence-electron chi connectivity index (χ0n) is 58.1. The zero-order valence-corrected chi connectivity index (χ0v) is 61.4. The molecule has 24 N–H and O–H groups in total. The minimum absolute atomic E-state index is 0.0335. The lowest BCUT2D eigenvalue weighted by atomic mass is 9.96. The van der Waals surface area contributed by atoms with E-state index < -0.39 is 217 Å². The van der Waals surface area contributed by atoms with Crippen molar-refractivity contribution < 1.29 is 111 Å². The Balaban J connectivity index is 1.16. The molecule has 2 saturated heterocycles. The first kappa shape index (κ1) is 85.1. The number of aliphatic hydroxyl groups is 8. The van der Waals surface area contributed by atoms with Crippen molar-refractivity contribution in [3.63, 3.8) is 0 Å². The summed E-state index contributed by atoms with van der Waals surface area (Å²) in [6.07, 6.45) is -20.8. The minimum atomic E-state index is -4.28. The molecule has 0 radical (unpaired) electrons. The number of aromatic amines is 1. The summed E-state index contributed by atoms with van der Waals surface area (Å²) in [6, 6.07) is -0.687. The van der Waals surface area contributed by atoms with Gasteiger partial charge >= 0.3 is 6.09 Å². The number of H-pyrrole nitrogens is 1. The van der Waals surface area contributed by atoms with E-state index in [1.165, 1.54) is 68.0 Å². The third kappa shape index (κ3) is 23.0. The highest BCUT2D eigenvalue weighted by molar-refractivity contribution is 7.95. The number of sulfonamides is 1. The lowest BCUT2D eigenvalue weighted by Crippen LogP contribution is -2.65. The molecule has 584 valence electrons. The van der Waals surface area contributed by atoms with Gasteiger partial charge in [-0.1, -0.05) is 37.3 Å². The molecule has 44 heteroatoms. The number of carbonyl (C=O) groups excluding carboxylic acids is 8. The summed E-state index contributed by atoms with van der Waals surface area (Å²) < 4.78 is 57.6. The molecule has 2 aliphatic heterocycles. The third-order valence-electron chi connectivity index (χ3n) is 16.8. The summed E-state index contributed by atoms with van der Waals surface area (Å²) in [7, 11) is -4.06. The summed E-state index contributed by atoms with van der Waals surface area (Å²) in [5.41, 5.74) is 24.4. The van der Waals surface area contributed by atoms with E-state index in [9.17, 15) is 78.0 Å². The molecule has 19 unspecified atom stereocenters. The maximum Gasteiger partial charge on any atom is 0.404 e. The fraction of sp³-hybridized carbons (Fsp3) is 0.565. The number of nitrogens with zero attached hydrogens (tertiary/aromatic N) is 5. The summed E-state index contributed by atoms with van der Waals surface area (Å²) >= 11 is 2.50. The van der Waals surface area contributed by atoms with Gasteiger partial charge in [0.05, 0.1) is 101 Å². The van der Waals surface area contributed by atoms with E-state index in [1.54, 1.807) is 23.6 Å². The van der Waals surface area contributed by atoms with E-state index >= 15 is 9.59 Å². The van der Waals surface area contributed by atoms with Crippen LogP contribution in [0.1, 0.15) is 94.4 Å². The zero-order chi connectivity index (χ0) is 78.0. The Morgan fingerprint density at radius 1 is 0.783 bits per heavy atom. The van der Waals surface area contributed by atoms with Crippen molar-refractivity contribution in [2.24, 2.45) is 23.1 Å². The topological polar surface area (TPSA) is 647 Å². The number of primary amides is 3. The smallest absolute Gasteiger partial charge is 0.404 e. The van der Waals surface area contributed by atoms with E-state index in [4.69, 9.17) is 46.6 Å². The normalized spacial score (nSPS) is 23.0. The molecule has 2 fully saturated rings. The van der Waals surface area contributed by atoms with Crippen LogP contribution in [-0.4, -0.2) is 276 Å². The molecule has 6 heterocycles. The fourth-order valence-electron chi connectivity index (χ4n) is 11.0. The number of nitrogens with two attached hydrogens (primary N) is 4. The molecule has 0 spiro atoms. The molecule has 5 aromatic rings. The monoisotopic (exact) mass is 1570 g/mol. The number of rotatable bonds is 39. The Labute approximate surface area is 617 Å². The molecule has 4 aromatic heterocycles. The molecule has 0 saturated carbocycles. The summed E-state index contributed by atoms with van der Waals surface area (Å²) in [4.78, 5) is 133. The molecular weight excluding hydrogens is 1480 g/mol. The van der Waals surface area contributed by atoms with Crippen LogP contribution in [0.3, 0.4) is 0 Å². The number of nitrogens with one attached hydrogen (secondary N) is 8. The first-order valence-corrected chi connectivity index (χ1v) is 38.5. The largest absolute Gasteiger partial charge is 0.441 e. The molecular formula is C62H90N17O23S4+. The number of carbonyl (C=O) groups is 8. The van der Waals surface area contributed by atoms with Crippen molar-refractivity contribution in [1.29, 1.82) is 0 Å². The lowest BCUT2D eigenvalue weighted by molar-refractivity contribution is -0.372. The van der Waals surface area contributed by atoms with Crippen LogP contribution >= 0.6 is 22.7 Å². The van der Waals surface area contributed by atoms with Gasteiger partial charge < -0.3 is 124 Å². The van der Waals surface area contributed by atoms with Crippen LogP contribution in [0, 0.1) is 12.8 Å². The van der Waals surface area contributed by atoms with Crippen LogP contribution in [0.4, 0.5) is 10.6 Å². The Bertz CT molecular complexity index is 3900. The average Bonchev–Trinajstić information content (AvgIpc) is 1.01. The molecule has 2 aliphatic rings. The van der Waals surface area contributed by atoms with Gasteiger partial charge in [0.15, 0.2) is 18.7 Å². The van der Waals surface area contributed by atoms with Gasteiger partial charge in [0.2, 0.25) is 39.6 Å². The SMILES string of the molecule is Cc1c(N)nc(C(CC(N)=O)NCC(NS(=O)(=O)Cc2ccccc2)C(N)=O)nc1C(=O)NC(C(=O)NC(C)C(O)C(C)C(=O)NC(C(=O)NCCc1nc(-c2scnc2C(=O)NCCC[S+](C)C)cs1)C(C)O)C(OC1OC(CO)C(O)C(O)C1OC1OC(CO)C(O)C(OC(N)=O)C1O)c1cnc[nH]1. The number of ether oxygens (including phenoxy) is 5. The van der Waals surface area contributed by atoms with E-state index in [2.05, 4.69) is 79.0 Å². The molecule has 8 amide bonds. The van der Waals surface area contributed by atoms with Gasteiger partial charge in [-0.05, 0) is 37.2 Å². The van der Waals surface area contributed by atoms with Gasteiger partial charge in [0.25, 0.3) is 11.8 Å². The number of hydrogen-bond donors (Lipinski definition) is 20. The maximum atomic E-state index is 15.4. The van der Waals surface area contributed by atoms with Crippen molar-refractivity contribution in [2.45, 2.75) is 163 Å². The van der Waals surface area contributed by atoms with Crippen molar-refractivity contribution >= 4 is 96.9 Å². The molecule has 1 aromatic carbocycles. The Morgan fingerprint density at radius 2 is 1.47 bits per heavy atom. The standard InChI is InChI=1S/C62H89N17O23S4/c1-26-39(75-54(78-52(26)64)31(17-37(63)83)70-19-33(53(65)89)79-106(96,97)23-30-11-8-7-9-12-30)58(93)77-41(48(32-18-67-24-71-32)100-61-50(46(87)44(85)35(20-80)99-61)101-60-47(88)49(102-62(66)95)45(86)36(21-81)98-60)59(94)73-28(3)43(84)27(2)55(90)76-40(29(4)82)56(91)69-15-13-38-74-34(22-103-38)51-42(72-25-104-51)57(92)68-14-10-16-105(5)6/h7-9,11-12,18,22,24-25,27-29,31,33,35-36,40-41,43-50,60-61,70,79-82,84-88H,10,13-17,19-21,23H2,1-6H3,(H13-,63,64,65,66,67,68,69,71,73,75,76,77,78,83,89,90,91,92,93,94,95)/p+1. The molecule has 7 rings (SSSR count). The van der Waals surface area contributed by atoms with E-state index in [1.807, 2.05) is 0 Å². The second kappa shape index (κ2) is 39.1. The van der Waals surface area contributed by atoms with Crippen LogP contribution in [0.2, 0.25) is 0 Å². The quantitative estimate of drug-likeness (QED) is 0.0128.